The summed E-state index contributed by atoms with van der Waals surface area (Å²) in [4.78, 5) is 14.9. The molecule has 2 N–H and O–H groups in total. The van der Waals surface area contributed by atoms with Crippen molar-refractivity contribution in [1.29, 1.82) is 0 Å². The van der Waals surface area contributed by atoms with E-state index in [0.717, 1.165) is 24.8 Å². The molecule has 3 nitrogen and oxygen atoms in total. The zero-order valence-corrected chi connectivity index (χ0v) is 13.9. The lowest BCUT2D eigenvalue weighted by Gasteiger charge is -2.37. The lowest BCUT2D eigenvalue weighted by molar-refractivity contribution is -0.144. The summed E-state index contributed by atoms with van der Waals surface area (Å²) in [5.74, 6) is 0.169. The number of hydrogen-bond acceptors (Lipinski definition) is 2. The smallest absolute Gasteiger partial charge is 0.230 e. The fourth-order valence-corrected chi connectivity index (χ4v) is 3.32. The van der Waals surface area contributed by atoms with Crippen molar-refractivity contribution in [3.8, 4) is 0 Å². The van der Waals surface area contributed by atoms with Crippen LogP contribution in [0.4, 0.5) is 0 Å². The maximum Gasteiger partial charge on any atom is 0.230 e. The number of carbonyl (C=O) groups is 1. The molecule has 1 saturated carbocycles. The molecule has 1 aliphatic carbocycles. The predicted octanol–water partition coefficient (Wildman–Crippen LogP) is 3.59. The van der Waals surface area contributed by atoms with Gasteiger partial charge in [-0.3, -0.25) is 4.79 Å². The normalized spacial score (nSPS) is 25.3. The second-order valence-corrected chi connectivity index (χ2v) is 7.01. The maximum atomic E-state index is 13.0. The highest BCUT2D eigenvalue weighted by molar-refractivity contribution is 6.30. The molecule has 0 saturated heterocycles. The van der Waals surface area contributed by atoms with Crippen molar-refractivity contribution in [2.45, 2.75) is 58.7 Å². The molecule has 2 unspecified atom stereocenters. The molecule has 2 rings (SSSR count). The SMILES string of the molecule is CC(C)N(Cc1cccc(Cl)c1)C(=O)C1(C)CCCC1N. The predicted molar refractivity (Wildman–Crippen MR) is 87.1 cm³/mol. The highest BCUT2D eigenvalue weighted by Gasteiger charge is 2.45. The zero-order valence-electron chi connectivity index (χ0n) is 13.1. The van der Waals surface area contributed by atoms with Crippen molar-refractivity contribution in [3.05, 3.63) is 34.9 Å². The van der Waals surface area contributed by atoms with Gasteiger partial charge in [-0.1, -0.05) is 30.2 Å². The maximum absolute atomic E-state index is 13.0. The van der Waals surface area contributed by atoms with Gasteiger partial charge in [0.1, 0.15) is 0 Å². The molecule has 1 amide bonds. The molecule has 0 radical (unpaired) electrons. The Kier molecular flexibility index (Phi) is 4.95. The summed E-state index contributed by atoms with van der Waals surface area (Å²) in [7, 11) is 0. The van der Waals surface area contributed by atoms with Gasteiger partial charge in [-0.25, -0.2) is 0 Å². The molecule has 0 heterocycles. The van der Waals surface area contributed by atoms with Crippen molar-refractivity contribution < 1.29 is 4.79 Å². The number of rotatable bonds is 4. The van der Waals surface area contributed by atoms with Gasteiger partial charge < -0.3 is 10.6 Å². The molecule has 0 aliphatic heterocycles. The van der Waals surface area contributed by atoms with E-state index in [1.165, 1.54) is 0 Å². The van der Waals surface area contributed by atoms with Gasteiger partial charge in [0.15, 0.2) is 0 Å². The van der Waals surface area contributed by atoms with Gasteiger partial charge in [0.2, 0.25) is 5.91 Å². The lowest BCUT2D eigenvalue weighted by atomic mass is 9.83. The minimum atomic E-state index is -0.428. The van der Waals surface area contributed by atoms with Crippen molar-refractivity contribution in [3.63, 3.8) is 0 Å². The van der Waals surface area contributed by atoms with E-state index in [1.54, 1.807) is 0 Å². The first-order valence-electron chi connectivity index (χ1n) is 7.65. The number of hydrogen-bond donors (Lipinski definition) is 1. The Morgan fingerprint density at radius 1 is 1.52 bits per heavy atom. The molecule has 116 valence electrons. The Labute approximate surface area is 132 Å². The Bertz CT molecular complexity index is 517. The minimum Gasteiger partial charge on any atom is -0.335 e. The van der Waals surface area contributed by atoms with Crippen molar-refractivity contribution >= 4 is 17.5 Å². The minimum absolute atomic E-state index is 0.0365. The van der Waals surface area contributed by atoms with Gasteiger partial charge >= 0.3 is 0 Å². The topological polar surface area (TPSA) is 46.3 Å². The van der Waals surface area contributed by atoms with E-state index in [9.17, 15) is 4.79 Å². The van der Waals surface area contributed by atoms with Gasteiger partial charge in [-0.05, 0) is 51.3 Å². The summed E-state index contributed by atoms with van der Waals surface area (Å²) in [5.41, 5.74) is 6.83. The Hall–Kier alpha value is -1.06. The zero-order chi connectivity index (χ0) is 15.6. The molecule has 21 heavy (non-hydrogen) atoms. The van der Waals surface area contributed by atoms with Gasteiger partial charge in [0.05, 0.1) is 5.41 Å². The standard InChI is InChI=1S/C17H25ClN2O/c1-12(2)20(11-13-6-4-7-14(18)10-13)16(21)17(3)9-5-8-15(17)19/h4,6-7,10,12,15H,5,8-9,11,19H2,1-3H3. The largest absolute Gasteiger partial charge is 0.335 e. The second kappa shape index (κ2) is 6.37. The van der Waals surface area contributed by atoms with Gasteiger partial charge in [0, 0.05) is 23.7 Å². The molecule has 1 aliphatic rings. The van der Waals surface area contributed by atoms with Gasteiger partial charge in [-0.2, -0.15) is 0 Å². The van der Waals surface area contributed by atoms with Crippen LogP contribution in [0.1, 0.15) is 45.6 Å². The van der Waals surface area contributed by atoms with E-state index in [4.69, 9.17) is 17.3 Å². The second-order valence-electron chi connectivity index (χ2n) is 6.57. The molecule has 1 aromatic carbocycles. The Morgan fingerprint density at radius 3 is 2.76 bits per heavy atom. The quantitative estimate of drug-likeness (QED) is 0.924. The molecule has 2 atom stereocenters. The van der Waals surface area contributed by atoms with E-state index in [-0.39, 0.29) is 18.0 Å². The monoisotopic (exact) mass is 308 g/mol. The molecule has 0 bridgehead atoms. The summed E-state index contributed by atoms with van der Waals surface area (Å²) in [6.07, 6.45) is 2.85. The average molecular weight is 309 g/mol. The third-order valence-corrected chi connectivity index (χ3v) is 4.88. The number of nitrogens with zero attached hydrogens (tertiary/aromatic N) is 1. The molecule has 0 aromatic heterocycles. The van der Waals surface area contributed by atoms with Crippen LogP contribution < -0.4 is 5.73 Å². The first-order valence-corrected chi connectivity index (χ1v) is 8.03. The van der Waals surface area contributed by atoms with Crippen LogP contribution in [0.25, 0.3) is 0 Å². The summed E-state index contributed by atoms with van der Waals surface area (Å²) in [5, 5.41) is 0.701. The highest BCUT2D eigenvalue weighted by Crippen LogP contribution is 2.39. The molecule has 1 aromatic rings. The van der Waals surface area contributed by atoms with Crippen LogP contribution in [-0.2, 0) is 11.3 Å². The summed E-state index contributed by atoms with van der Waals surface area (Å²) < 4.78 is 0. The molecule has 0 spiro atoms. The van der Waals surface area contributed by atoms with Crippen LogP contribution >= 0.6 is 11.6 Å². The summed E-state index contributed by atoms with van der Waals surface area (Å²) in [6.45, 7) is 6.69. The van der Waals surface area contributed by atoms with E-state index < -0.39 is 5.41 Å². The van der Waals surface area contributed by atoms with Gasteiger partial charge in [0.25, 0.3) is 0 Å². The van der Waals surface area contributed by atoms with Crippen LogP contribution in [0.5, 0.6) is 0 Å². The number of carbonyl (C=O) groups excluding carboxylic acids is 1. The number of benzene rings is 1. The van der Waals surface area contributed by atoms with Crippen LogP contribution in [0, 0.1) is 5.41 Å². The van der Waals surface area contributed by atoms with E-state index in [2.05, 4.69) is 0 Å². The van der Waals surface area contributed by atoms with Crippen molar-refractivity contribution in [2.75, 3.05) is 0 Å². The highest BCUT2D eigenvalue weighted by atomic mass is 35.5. The first kappa shape index (κ1) is 16.3. The fraction of sp³-hybridized carbons (Fsp3) is 0.588. The summed E-state index contributed by atoms with van der Waals surface area (Å²) in [6, 6.07) is 7.79. The van der Waals surface area contributed by atoms with Crippen molar-refractivity contribution in [1.82, 2.24) is 4.90 Å². The molecular weight excluding hydrogens is 284 g/mol. The van der Waals surface area contributed by atoms with Crippen LogP contribution in [0.15, 0.2) is 24.3 Å². The lowest BCUT2D eigenvalue weighted by Crippen LogP contribution is -2.51. The number of halogens is 1. The Morgan fingerprint density at radius 2 is 2.24 bits per heavy atom. The molecule has 4 heteroatoms. The number of amides is 1. The van der Waals surface area contributed by atoms with Crippen LogP contribution in [0.3, 0.4) is 0 Å². The molecular formula is C17H25ClN2O. The summed E-state index contributed by atoms with van der Waals surface area (Å²) >= 11 is 6.04. The van der Waals surface area contributed by atoms with Crippen LogP contribution in [-0.4, -0.2) is 22.9 Å². The average Bonchev–Trinajstić information content (AvgIpc) is 2.76. The van der Waals surface area contributed by atoms with Crippen molar-refractivity contribution in [2.24, 2.45) is 11.1 Å². The van der Waals surface area contributed by atoms with E-state index in [1.807, 2.05) is 49.9 Å². The third kappa shape index (κ3) is 3.41. The first-order chi connectivity index (χ1) is 9.84. The molecule has 1 fully saturated rings. The number of nitrogens with two attached hydrogens (primary N) is 1. The van der Waals surface area contributed by atoms with E-state index in [0.29, 0.717) is 11.6 Å². The fourth-order valence-electron chi connectivity index (χ4n) is 3.11. The van der Waals surface area contributed by atoms with Gasteiger partial charge in [-0.15, -0.1) is 0 Å². The van der Waals surface area contributed by atoms with Crippen LogP contribution in [0.2, 0.25) is 5.02 Å². The van der Waals surface area contributed by atoms with E-state index >= 15 is 0 Å². The third-order valence-electron chi connectivity index (χ3n) is 4.64. The Balaban J connectivity index is 2.21.